The number of rotatable bonds is 5. The van der Waals surface area contributed by atoms with Crippen molar-refractivity contribution in [3.63, 3.8) is 0 Å². The molecule has 94 valence electrons. The van der Waals surface area contributed by atoms with Gasteiger partial charge in [-0.2, -0.15) is 0 Å². The lowest BCUT2D eigenvalue weighted by atomic mass is 10.4. The van der Waals surface area contributed by atoms with Crippen LogP contribution in [0.15, 0.2) is 0 Å². The van der Waals surface area contributed by atoms with E-state index in [1.807, 2.05) is 0 Å². The minimum absolute atomic E-state index is 0.0882. The summed E-state index contributed by atoms with van der Waals surface area (Å²) in [5, 5.41) is 3.24. The Morgan fingerprint density at radius 1 is 1.53 bits per heavy atom. The smallest absolute Gasteiger partial charge is 0.358 e. The Kier molecular flexibility index (Phi) is 5.37. The normalized spacial score (nSPS) is 10.1. The SMILES string of the molecule is CCOC(=O)c1nc(CNC(=O)CCl)sc1C. The Hall–Kier alpha value is -1.14. The first kappa shape index (κ1) is 13.9. The topological polar surface area (TPSA) is 68.3 Å². The molecule has 0 saturated heterocycles. The lowest BCUT2D eigenvalue weighted by molar-refractivity contribution is -0.118. The third-order valence-electron chi connectivity index (χ3n) is 1.87. The lowest BCUT2D eigenvalue weighted by Crippen LogP contribution is -2.23. The molecule has 0 aliphatic rings. The van der Waals surface area contributed by atoms with E-state index in [0.717, 1.165) is 4.88 Å². The first-order valence-electron chi connectivity index (χ1n) is 5.04. The van der Waals surface area contributed by atoms with Crippen LogP contribution >= 0.6 is 22.9 Å². The minimum Gasteiger partial charge on any atom is -0.461 e. The number of thiazole rings is 1. The van der Waals surface area contributed by atoms with Gasteiger partial charge in [0.25, 0.3) is 0 Å². The molecule has 0 aliphatic carbocycles. The van der Waals surface area contributed by atoms with Crippen LogP contribution in [0.5, 0.6) is 0 Å². The number of aryl methyl sites for hydroxylation is 1. The van der Waals surface area contributed by atoms with E-state index < -0.39 is 5.97 Å². The fraction of sp³-hybridized carbons (Fsp3) is 0.500. The van der Waals surface area contributed by atoms with Crippen LogP contribution in [0.2, 0.25) is 0 Å². The highest BCUT2D eigenvalue weighted by molar-refractivity contribution is 7.11. The Bertz CT molecular complexity index is 420. The van der Waals surface area contributed by atoms with E-state index in [0.29, 0.717) is 17.3 Å². The molecule has 0 spiro atoms. The molecule has 0 bridgehead atoms. The van der Waals surface area contributed by atoms with E-state index >= 15 is 0 Å². The van der Waals surface area contributed by atoms with Gasteiger partial charge in [0.15, 0.2) is 5.69 Å². The number of aromatic nitrogens is 1. The van der Waals surface area contributed by atoms with Crippen molar-refractivity contribution in [2.75, 3.05) is 12.5 Å². The van der Waals surface area contributed by atoms with Gasteiger partial charge in [-0.25, -0.2) is 9.78 Å². The summed E-state index contributed by atoms with van der Waals surface area (Å²) in [7, 11) is 0. The predicted molar refractivity (Wildman–Crippen MR) is 65.4 cm³/mol. The third-order valence-corrected chi connectivity index (χ3v) is 3.08. The van der Waals surface area contributed by atoms with Crippen LogP contribution in [-0.2, 0) is 16.1 Å². The molecule has 0 unspecified atom stereocenters. The van der Waals surface area contributed by atoms with Gasteiger partial charge >= 0.3 is 5.97 Å². The molecule has 0 fully saturated rings. The average molecular weight is 277 g/mol. The predicted octanol–water partition coefficient (Wildman–Crippen LogP) is 1.48. The molecular weight excluding hydrogens is 264 g/mol. The Morgan fingerprint density at radius 3 is 2.82 bits per heavy atom. The van der Waals surface area contributed by atoms with Crippen LogP contribution in [0.25, 0.3) is 0 Å². The van der Waals surface area contributed by atoms with Crippen molar-refractivity contribution in [1.82, 2.24) is 10.3 Å². The van der Waals surface area contributed by atoms with Gasteiger partial charge < -0.3 is 10.1 Å². The van der Waals surface area contributed by atoms with Gasteiger partial charge in [0.2, 0.25) is 5.91 Å². The monoisotopic (exact) mass is 276 g/mol. The highest BCUT2D eigenvalue weighted by Crippen LogP contribution is 2.18. The summed E-state index contributed by atoms with van der Waals surface area (Å²) in [5.41, 5.74) is 0.312. The fourth-order valence-electron chi connectivity index (χ4n) is 1.14. The summed E-state index contributed by atoms with van der Waals surface area (Å²) < 4.78 is 4.87. The van der Waals surface area contributed by atoms with Crippen LogP contribution in [0, 0.1) is 6.92 Å². The molecule has 1 aromatic rings. The van der Waals surface area contributed by atoms with E-state index in [9.17, 15) is 9.59 Å². The number of halogens is 1. The van der Waals surface area contributed by atoms with Gasteiger partial charge in [0, 0.05) is 4.88 Å². The average Bonchev–Trinajstić information content (AvgIpc) is 2.68. The quantitative estimate of drug-likeness (QED) is 0.653. The van der Waals surface area contributed by atoms with Crippen molar-refractivity contribution < 1.29 is 14.3 Å². The molecule has 7 heteroatoms. The van der Waals surface area contributed by atoms with Gasteiger partial charge in [-0.05, 0) is 13.8 Å². The van der Waals surface area contributed by atoms with Gasteiger partial charge in [-0.1, -0.05) is 0 Å². The number of carbonyl (C=O) groups excluding carboxylic acids is 2. The molecule has 0 atom stereocenters. The molecule has 0 saturated carbocycles. The number of hydrogen-bond acceptors (Lipinski definition) is 5. The number of alkyl halides is 1. The molecule has 0 aliphatic heterocycles. The van der Waals surface area contributed by atoms with Crippen molar-refractivity contribution in [1.29, 1.82) is 0 Å². The van der Waals surface area contributed by atoms with E-state index in [4.69, 9.17) is 16.3 Å². The number of hydrogen-bond donors (Lipinski definition) is 1. The second-order valence-corrected chi connectivity index (χ2v) is 4.70. The molecule has 0 aromatic carbocycles. The molecular formula is C10H13ClN2O3S. The molecule has 0 radical (unpaired) electrons. The molecule has 1 amide bonds. The molecule has 1 rings (SSSR count). The number of nitrogens with zero attached hydrogens (tertiary/aromatic N) is 1. The number of carbonyl (C=O) groups is 2. The number of amides is 1. The van der Waals surface area contributed by atoms with Gasteiger partial charge in [-0.15, -0.1) is 22.9 Å². The maximum Gasteiger partial charge on any atom is 0.358 e. The highest BCUT2D eigenvalue weighted by Gasteiger charge is 2.16. The molecule has 1 heterocycles. The van der Waals surface area contributed by atoms with E-state index in [-0.39, 0.29) is 18.3 Å². The second kappa shape index (κ2) is 6.56. The van der Waals surface area contributed by atoms with Crippen LogP contribution < -0.4 is 5.32 Å². The largest absolute Gasteiger partial charge is 0.461 e. The zero-order valence-electron chi connectivity index (χ0n) is 9.58. The van der Waals surface area contributed by atoms with Gasteiger partial charge in [0.1, 0.15) is 10.9 Å². The van der Waals surface area contributed by atoms with Gasteiger partial charge in [0.05, 0.1) is 13.2 Å². The summed E-state index contributed by atoms with van der Waals surface area (Å²) in [5.74, 6) is -0.789. The van der Waals surface area contributed by atoms with Crippen molar-refractivity contribution in [3.8, 4) is 0 Å². The molecule has 17 heavy (non-hydrogen) atoms. The van der Waals surface area contributed by atoms with Crippen LogP contribution in [0.1, 0.15) is 27.3 Å². The van der Waals surface area contributed by atoms with Crippen LogP contribution in [0.3, 0.4) is 0 Å². The number of esters is 1. The van der Waals surface area contributed by atoms with Gasteiger partial charge in [-0.3, -0.25) is 4.79 Å². The first-order valence-corrected chi connectivity index (χ1v) is 6.39. The molecule has 5 nitrogen and oxygen atoms in total. The van der Waals surface area contributed by atoms with Crippen LogP contribution in [-0.4, -0.2) is 29.3 Å². The zero-order valence-corrected chi connectivity index (χ0v) is 11.2. The van der Waals surface area contributed by atoms with E-state index in [1.54, 1.807) is 13.8 Å². The molecule has 1 N–H and O–H groups in total. The number of nitrogens with one attached hydrogen (secondary N) is 1. The zero-order chi connectivity index (χ0) is 12.8. The summed E-state index contributed by atoms with van der Waals surface area (Å²) in [4.78, 5) is 27.3. The standard InChI is InChI=1S/C10H13ClN2O3S/c1-3-16-10(15)9-6(2)17-8(13-9)5-12-7(14)4-11/h3-5H2,1-2H3,(H,12,14). The second-order valence-electron chi connectivity index (χ2n) is 3.14. The number of ether oxygens (including phenoxy) is 1. The molecule has 1 aromatic heterocycles. The Balaban J connectivity index is 2.68. The Morgan fingerprint density at radius 2 is 2.24 bits per heavy atom. The van der Waals surface area contributed by atoms with E-state index in [2.05, 4.69) is 10.3 Å². The maximum absolute atomic E-state index is 11.5. The maximum atomic E-state index is 11.5. The van der Waals surface area contributed by atoms with E-state index in [1.165, 1.54) is 11.3 Å². The highest BCUT2D eigenvalue weighted by atomic mass is 35.5. The Labute approximate surface area is 108 Å². The first-order chi connectivity index (χ1) is 8.08. The lowest BCUT2D eigenvalue weighted by Gasteiger charge is -1.99. The summed E-state index contributed by atoms with van der Waals surface area (Å²) in [6.45, 7) is 4.11. The van der Waals surface area contributed by atoms with Crippen molar-refractivity contribution in [2.45, 2.75) is 20.4 Å². The van der Waals surface area contributed by atoms with Crippen molar-refractivity contribution >= 4 is 34.8 Å². The fourth-order valence-corrected chi connectivity index (χ4v) is 2.09. The van der Waals surface area contributed by atoms with Crippen LogP contribution in [0.4, 0.5) is 0 Å². The van der Waals surface area contributed by atoms with Crippen molar-refractivity contribution in [2.24, 2.45) is 0 Å². The minimum atomic E-state index is -0.434. The van der Waals surface area contributed by atoms with Crippen molar-refractivity contribution in [3.05, 3.63) is 15.6 Å². The summed E-state index contributed by atoms with van der Waals surface area (Å²) in [6.07, 6.45) is 0. The summed E-state index contributed by atoms with van der Waals surface area (Å²) in [6, 6.07) is 0. The summed E-state index contributed by atoms with van der Waals surface area (Å²) >= 11 is 6.69. The third kappa shape index (κ3) is 3.98.